The minimum Gasteiger partial charge on any atom is -0.317 e. The fourth-order valence-corrected chi connectivity index (χ4v) is 3.50. The number of hydrogen-bond acceptors (Lipinski definition) is 3. The van der Waals surface area contributed by atoms with Crippen LogP contribution in [-0.2, 0) is 5.54 Å². The van der Waals surface area contributed by atoms with Crippen LogP contribution in [0.5, 0.6) is 0 Å². The Hall–Kier alpha value is -0.970. The first-order valence-corrected chi connectivity index (χ1v) is 7.24. The van der Waals surface area contributed by atoms with Gasteiger partial charge in [0.25, 0.3) is 0 Å². The fourth-order valence-electron chi connectivity index (χ4n) is 3.50. The van der Waals surface area contributed by atoms with Gasteiger partial charge in [0.15, 0.2) is 0 Å². The lowest BCUT2D eigenvalue weighted by atomic mass is 9.79. The highest BCUT2D eigenvalue weighted by Gasteiger charge is 2.39. The third kappa shape index (κ3) is 2.53. The molecule has 3 nitrogen and oxygen atoms in total. The molecule has 0 bridgehead atoms. The van der Waals surface area contributed by atoms with Crippen molar-refractivity contribution < 1.29 is 4.39 Å². The Kier molecular flexibility index (Phi) is 3.82. The standard InChI is InChI=1S/C15H22FN3/c16-14-3-1-2-13(12-14)15(4-6-17-7-5-15)19-10-8-18-9-11-19/h1-3,12,17-18H,4-11H2. The largest absolute Gasteiger partial charge is 0.317 e. The molecule has 4 heteroatoms. The SMILES string of the molecule is Fc1cccc(C2(N3CCNCC3)CCNCC2)c1. The second-order valence-corrected chi connectivity index (χ2v) is 5.53. The van der Waals surface area contributed by atoms with Crippen LogP contribution >= 0.6 is 0 Å². The number of rotatable bonds is 2. The number of nitrogens with one attached hydrogen (secondary N) is 2. The highest BCUT2D eigenvalue weighted by atomic mass is 19.1. The summed E-state index contributed by atoms with van der Waals surface area (Å²) in [5, 5.41) is 6.83. The molecule has 0 aliphatic carbocycles. The zero-order valence-corrected chi connectivity index (χ0v) is 11.3. The molecule has 2 aliphatic heterocycles. The van der Waals surface area contributed by atoms with Crippen LogP contribution in [0, 0.1) is 5.82 Å². The molecule has 0 amide bonds. The van der Waals surface area contributed by atoms with E-state index in [0.717, 1.165) is 57.7 Å². The average molecular weight is 263 g/mol. The number of nitrogens with zero attached hydrogens (tertiary/aromatic N) is 1. The third-order valence-corrected chi connectivity index (χ3v) is 4.52. The molecule has 0 saturated carbocycles. The second-order valence-electron chi connectivity index (χ2n) is 5.53. The lowest BCUT2D eigenvalue weighted by molar-refractivity contribution is 0.0418. The molecular formula is C15H22FN3. The van der Waals surface area contributed by atoms with Gasteiger partial charge in [-0.3, -0.25) is 4.90 Å². The second kappa shape index (κ2) is 5.57. The molecule has 2 saturated heterocycles. The predicted octanol–water partition coefficient (Wildman–Crippen LogP) is 1.31. The van der Waals surface area contributed by atoms with E-state index in [1.54, 1.807) is 6.07 Å². The maximum atomic E-state index is 13.6. The van der Waals surface area contributed by atoms with E-state index in [2.05, 4.69) is 21.6 Å². The van der Waals surface area contributed by atoms with Crippen LogP contribution in [-0.4, -0.2) is 44.2 Å². The van der Waals surface area contributed by atoms with Crippen molar-refractivity contribution in [3.8, 4) is 0 Å². The highest BCUT2D eigenvalue weighted by Crippen LogP contribution is 2.37. The van der Waals surface area contributed by atoms with Gasteiger partial charge >= 0.3 is 0 Å². The third-order valence-electron chi connectivity index (χ3n) is 4.52. The molecule has 19 heavy (non-hydrogen) atoms. The lowest BCUT2D eigenvalue weighted by Gasteiger charge is -2.49. The van der Waals surface area contributed by atoms with Crippen molar-refractivity contribution >= 4 is 0 Å². The Bertz CT molecular complexity index is 423. The Morgan fingerprint density at radius 3 is 2.37 bits per heavy atom. The summed E-state index contributed by atoms with van der Waals surface area (Å²) in [5.41, 5.74) is 1.17. The van der Waals surface area contributed by atoms with Crippen molar-refractivity contribution in [1.29, 1.82) is 0 Å². The summed E-state index contributed by atoms with van der Waals surface area (Å²) in [7, 11) is 0. The lowest BCUT2D eigenvalue weighted by Crippen LogP contribution is -2.57. The Labute approximate surface area is 114 Å². The summed E-state index contributed by atoms with van der Waals surface area (Å²) in [6.07, 6.45) is 2.13. The Morgan fingerprint density at radius 1 is 1.00 bits per heavy atom. The highest BCUT2D eigenvalue weighted by molar-refractivity contribution is 5.27. The summed E-state index contributed by atoms with van der Waals surface area (Å²) in [4.78, 5) is 2.55. The number of piperidine rings is 1. The minimum atomic E-state index is -0.120. The number of piperazine rings is 1. The molecule has 1 aromatic rings. The maximum Gasteiger partial charge on any atom is 0.123 e. The van der Waals surface area contributed by atoms with Gasteiger partial charge in [-0.05, 0) is 43.6 Å². The molecule has 1 aromatic carbocycles. The van der Waals surface area contributed by atoms with Gasteiger partial charge in [0.2, 0.25) is 0 Å². The van der Waals surface area contributed by atoms with Crippen LogP contribution in [0.1, 0.15) is 18.4 Å². The van der Waals surface area contributed by atoms with Gasteiger partial charge in [0, 0.05) is 31.7 Å². The van der Waals surface area contributed by atoms with Crippen LogP contribution in [0.4, 0.5) is 4.39 Å². The van der Waals surface area contributed by atoms with E-state index in [4.69, 9.17) is 0 Å². The summed E-state index contributed by atoms with van der Waals surface area (Å²) in [6, 6.07) is 7.20. The summed E-state index contributed by atoms with van der Waals surface area (Å²) in [6.45, 7) is 6.20. The normalized spacial score (nSPS) is 24.3. The minimum absolute atomic E-state index is 0.0233. The fraction of sp³-hybridized carbons (Fsp3) is 0.600. The number of hydrogen-bond donors (Lipinski definition) is 2. The van der Waals surface area contributed by atoms with Crippen LogP contribution in [0.3, 0.4) is 0 Å². The molecule has 0 aromatic heterocycles. The Balaban J connectivity index is 1.95. The van der Waals surface area contributed by atoms with Gasteiger partial charge in [0.1, 0.15) is 5.82 Å². The Morgan fingerprint density at radius 2 is 1.68 bits per heavy atom. The number of halogens is 1. The molecule has 0 spiro atoms. The molecule has 0 atom stereocenters. The monoisotopic (exact) mass is 263 g/mol. The topological polar surface area (TPSA) is 27.3 Å². The summed E-state index contributed by atoms with van der Waals surface area (Å²) in [5.74, 6) is -0.120. The molecule has 2 heterocycles. The van der Waals surface area contributed by atoms with Crippen molar-refractivity contribution in [2.24, 2.45) is 0 Å². The van der Waals surface area contributed by atoms with Gasteiger partial charge in [0.05, 0.1) is 0 Å². The number of benzene rings is 1. The summed E-state index contributed by atoms with van der Waals surface area (Å²) >= 11 is 0. The van der Waals surface area contributed by atoms with Crippen molar-refractivity contribution in [3.63, 3.8) is 0 Å². The van der Waals surface area contributed by atoms with Crippen LogP contribution < -0.4 is 10.6 Å². The first-order chi connectivity index (χ1) is 9.31. The molecule has 2 aliphatic rings. The van der Waals surface area contributed by atoms with Crippen LogP contribution in [0.2, 0.25) is 0 Å². The zero-order valence-electron chi connectivity index (χ0n) is 11.3. The van der Waals surface area contributed by atoms with Crippen LogP contribution in [0.25, 0.3) is 0 Å². The van der Waals surface area contributed by atoms with E-state index >= 15 is 0 Å². The predicted molar refractivity (Wildman–Crippen MR) is 74.6 cm³/mol. The van der Waals surface area contributed by atoms with Crippen molar-refractivity contribution in [2.75, 3.05) is 39.3 Å². The first kappa shape index (κ1) is 13.0. The zero-order chi connectivity index (χ0) is 13.1. The average Bonchev–Trinajstić information content (AvgIpc) is 2.49. The molecule has 2 fully saturated rings. The van der Waals surface area contributed by atoms with E-state index in [-0.39, 0.29) is 11.4 Å². The smallest absolute Gasteiger partial charge is 0.123 e. The van der Waals surface area contributed by atoms with Gasteiger partial charge < -0.3 is 10.6 Å². The van der Waals surface area contributed by atoms with E-state index in [1.165, 1.54) is 6.07 Å². The molecule has 3 rings (SSSR count). The molecular weight excluding hydrogens is 241 g/mol. The van der Waals surface area contributed by atoms with E-state index in [9.17, 15) is 4.39 Å². The van der Waals surface area contributed by atoms with Crippen molar-refractivity contribution in [3.05, 3.63) is 35.6 Å². The molecule has 104 valence electrons. The van der Waals surface area contributed by atoms with Crippen molar-refractivity contribution in [1.82, 2.24) is 15.5 Å². The molecule has 2 N–H and O–H groups in total. The van der Waals surface area contributed by atoms with Gasteiger partial charge in [-0.25, -0.2) is 4.39 Å². The van der Waals surface area contributed by atoms with Gasteiger partial charge in [-0.2, -0.15) is 0 Å². The van der Waals surface area contributed by atoms with Crippen LogP contribution in [0.15, 0.2) is 24.3 Å². The molecule has 0 unspecified atom stereocenters. The van der Waals surface area contributed by atoms with Crippen molar-refractivity contribution in [2.45, 2.75) is 18.4 Å². The first-order valence-electron chi connectivity index (χ1n) is 7.24. The molecule has 0 radical (unpaired) electrons. The quantitative estimate of drug-likeness (QED) is 0.842. The van der Waals surface area contributed by atoms with Gasteiger partial charge in [-0.15, -0.1) is 0 Å². The van der Waals surface area contributed by atoms with E-state index < -0.39 is 0 Å². The maximum absolute atomic E-state index is 13.6. The van der Waals surface area contributed by atoms with E-state index in [1.807, 2.05) is 6.07 Å². The van der Waals surface area contributed by atoms with E-state index in [0.29, 0.717) is 0 Å². The van der Waals surface area contributed by atoms with Gasteiger partial charge in [-0.1, -0.05) is 12.1 Å². The summed E-state index contributed by atoms with van der Waals surface area (Å²) < 4.78 is 13.6.